The third-order valence-corrected chi connectivity index (χ3v) is 3.74. The minimum Gasteiger partial charge on any atom is -0.444 e. The van der Waals surface area contributed by atoms with Gasteiger partial charge in [-0.3, -0.25) is 0 Å². The standard InChI is InChI=1S/C14H26N2O2/c1-5-10-8-12(10)15-11-6-7-16(9-11)13(17)18-14(2,3)4/h10-12,15H,5-9H2,1-4H3. The molecule has 3 atom stereocenters. The zero-order chi connectivity index (χ0) is 13.3. The van der Waals surface area contributed by atoms with Gasteiger partial charge in [-0.2, -0.15) is 0 Å². The van der Waals surface area contributed by atoms with E-state index in [2.05, 4.69) is 12.2 Å². The van der Waals surface area contributed by atoms with Crippen molar-refractivity contribution in [2.75, 3.05) is 13.1 Å². The summed E-state index contributed by atoms with van der Waals surface area (Å²) < 4.78 is 5.39. The van der Waals surface area contributed by atoms with Crippen LogP contribution in [0.3, 0.4) is 0 Å². The van der Waals surface area contributed by atoms with Crippen LogP contribution in [0, 0.1) is 5.92 Å². The number of nitrogens with zero attached hydrogens (tertiary/aromatic N) is 1. The third-order valence-electron chi connectivity index (χ3n) is 3.74. The third kappa shape index (κ3) is 3.61. The lowest BCUT2D eigenvalue weighted by Crippen LogP contribution is -2.39. The molecule has 0 aromatic carbocycles. The first-order chi connectivity index (χ1) is 8.39. The largest absolute Gasteiger partial charge is 0.444 e. The van der Waals surface area contributed by atoms with Crippen molar-refractivity contribution in [3.8, 4) is 0 Å². The highest BCUT2D eigenvalue weighted by molar-refractivity contribution is 5.68. The summed E-state index contributed by atoms with van der Waals surface area (Å²) >= 11 is 0. The van der Waals surface area contributed by atoms with Gasteiger partial charge in [0.2, 0.25) is 0 Å². The van der Waals surface area contributed by atoms with Gasteiger partial charge in [0, 0.05) is 25.2 Å². The van der Waals surface area contributed by atoms with Crippen LogP contribution in [-0.2, 0) is 4.74 Å². The molecule has 2 rings (SSSR count). The maximum Gasteiger partial charge on any atom is 0.410 e. The highest BCUT2D eigenvalue weighted by Gasteiger charge is 2.38. The Morgan fingerprint density at radius 3 is 2.72 bits per heavy atom. The number of rotatable bonds is 3. The number of likely N-dealkylation sites (tertiary alicyclic amines) is 1. The molecule has 1 aliphatic carbocycles. The second-order valence-electron chi connectivity index (χ2n) is 6.59. The van der Waals surface area contributed by atoms with Crippen LogP contribution < -0.4 is 5.32 Å². The molecule has 1 heterocycles. The number of hydrogen-bond donors (Lipinski definition) is 1. The summed E-state index contributed by atoms with van der Waals surface area (Å²) in [6.07, 6.45) is 3.45. The first-order valence-corrected chi connectivity index (χ1v) is 7.13. The van der Waals surface area contributed by atoms with Gasteiger partial charge in [0.05, 0.1) is 0 Å². The van der Waals surface area contributed by atoms with Gasteiger partial charge >= 0.3 is 6.09 Å². The van der Waals surface area contributed by atoms with Crippen molar-refractivity contribution in [1.82, 2.24) is 10.2 Å². The summed E-state index contributed by atoms with van der Waals surface area (Å²) in [5.74, 6) is 0.862. The van der Waals surface area contributed by atoms with Gasteiger partial charge in [-0.15, -0.1) is 0 Å². The van der Waals surface area contributed by atoms with Crippen molar-refractivity contribution in [3.63, 3.8) is 0 Å². The lowest BCUT2D eigenvalue weighted by Gasteiger charge is -2.24. The highest BCUT2D eigenvalue weighted by Crippen LogP contribution is 2.34. The Morgan fingerprint density at radius 1 is 1.44 bits per heavy atom. The number of amides is 1. The lowest BCUT2D eigenvalue weighted by atomic mass is 10.2. The van der Waals surface area contributed by atoms with Crippen LogP contribution in [0.2, 0.25) is 0 Å². The van der Waals surface area contributed by atoms with Crippen molar-refractivity contribution >= 4 is 6.09 Å². The summed E-state index contributed by atoms with van der Waals surface area (Å²) in [5.41, 5.74) is -0.396. The molecule has 0 radical (unpaired) electrons. The maximum atomic E-state index is 11.9. The Bertz CT molecular complexity index is 311. The minimum atomic E-state index is -0.396. The normalized spacial score (nSPS) is 31.6. The molecule has 1 saturated heterocycles. The quantitative estimate of drug-likeness (QED) is 0.840. The molecule has 104 valence electrons. The Morgan fingerprint density at radius 2 is 2.17 bits per heavy atom. The summed E-state index contributed by atoms with van der Waals surface area (Å²) in [6, 6.07) is 1.15. The van der Waals surface area contributed by atoms with Gasteiger partial charge in [-0.25, -0.2) is 4.79 Å². The van der Waals surface area contributed by atoms with Crippen LogP contribution in [0.1, 0.15) is 47.0 Å². The van der Waals surface area contributed by atoms with Gasteiger partial charge < -0.3 is 15.0 Å². The second-order valence-corrected chi connectivity index (χ2v) is 6.59. The molecular weight excluding hydrogens is 228 g/mol. The first kappa shape index (κ1) is 13.7. The summed E-state index contributed by atoms with van der Waals surface area (Å²) in [4.78, 5) is 13.7. The molecule has 2 fully saturated rings. The fourth-order valence-corrected chi connectivity index (χ4v) is 2.59. The highest BCUT2D eigenvalue weighted by atomic mass is 16.6. The van der Waals surface area contributed by atoms with Gasteiger partial charge in [0.1, 0.15) is 5.60 Å². The SMILES string of the molecule is CCC1CC1NC1CCN(C(=O)OC(C)(C)C)C1. The zero-order valence-corrected chi connectivity index (χ0v) is 12.0. The van der Waals surface area contributed by atoms with Crippen LogP contribution in [0.15, 0.2) is 0 Å². The minimum absolute atomic E-state index is 0.172. The summed E-state index contributed by atoms with van der Waals surface area (Å²) in [7, 11) is 0. The van der Waals surface area contributed by atoms with Gasteiger partial charge in [0.15, 0.2) is 0 Å². The van der Waals surface area contributed by atoms with Gasteiger partial charge in [-0.05, 0) is 39.5 Å². The number of carbonyl (C=O) groups excluding carboxylic acids is 1. The zero-order valence-electron chi connectivity index (χ0n) is 12.0. The van der Waals surface area contributed by atoms with Crippen molar-refractivity contribution in [2.45, 2.75) is 64.6 Å². The molecule has 3 unspecified atom stereocenters. The molecule has 0 bridgehead atoms. The van der Waals surface area contributed by atoms with Crippen LogP contribution >= 0.6 is 0 Å². The molecule has 4 nitrogen and oxygen atoms in total. The number of ether oxygens (including phenoxy) is 1. The first-order valence-electron chi connectivity index (χ1n) is 7.13. The molecule has 1 amide bonds. The summed E-state index contributed by atoms with van der Waals surface area (Å²) in [5, 5.41) is 3.65. The van der Waals surface area contributed by atoms with E-state index in [0.29, 0.717) is 12.1 Å². The van der Waals surface area contributed by atoms with E-state index in [1.54, 1.807) is 0 Å². The average molecular weight is 254 g/mol. The van der Waals surface area contributed by atoms with Crippen LogP contribution in [0.4, 0.5) is 4.79 Å². The Labute approximate surface area is 110 Å². The van der Waals surface area contributed by atoms with E-state index < -0.39 is 5.60 Å². The molecule has 1 aliphatic heterocycles. The monoisotopic (exact) mass is 254 g/mol. The topological polar surface area (TPSA) is 41.6 Å². The molecule has 1 saturated carbocycles. The molecule has 0 aromatic rings. The van der Waals surface area contributed by atoms with Crippen molar-refractivity contribution in [1.29, 1.82) is 0 Å². The molecule has 4 heteroatoms. The van der Waals surface area contributed by atoms with Gasteiger partial charge in [0.25, 0.3) is 0 Å². The van der Waals surface area contributed by atoms with E-state index in [9.17, 15) is 4.79 Å². The predicted octanol–water partition coefficient (Wildman–Crippen LogP) is 2.38. The van der Waals surface area contributed by atoms with E-state index in [-0.39, 0.29) is 6.09 Å². The smallest absolute Gasteiger partial charge is 0.410 e. The maximum absolute atomic E-state index is 11.9. The Kier molecular flexibility index (Phi) is 3.85. The molecule has 0 aromatic heterocycles. The van der Waals surface area contributed by atoms with E-state index in [0.717, 1.165) is 25.4 Å². The van der Waals surface area contributed by atoms with Crippen LogP contribution in [0.25, 0.3) is 0 Å². The van der Waals surface area contributed by atoms with Crippen LogP contribution in [0.5, 0.6) is 0 Å². The Balaban J connectivity index is 1.73. The second kappa shape index (κ2) is 5.08. The molecule has 1 N–H and O–H groups in total. The fraction of sp³-hybridized carbons (Fsp3) is 0.929. The Hall–Kier alpha value is -0.770. The lowest BCUT2D eigenvalue weighted by molar-refractivity contribution is 0.0291. The van der Waals surface area contributed by atoms with E-state index in [1.165, 1.54) is 12.8 Å². The molecular formula is C14H26N2O2. The fourth-order valence-electron chi connectivity index (χ4n) is 2.59. The number of nitrogens with one attached hydrogen (secondary N) is 1. The van der Waals surface area contributed by atoms with Crippen molar-refractivity contribution in [2.24, 2.45) is 5.92 Å². The predicted molar refractivity (Wildman–Crippen MR) is 71.5 cm³/mol. The van der Waals surface area contributed by atoms with Gasteiger partial charge in [-0.1, -0.05) is 13.3 Å². The number of hydrogen-bond acceptors (Lipinski definition) is 3. The molecule has 2 aliphatic rings. The summed E-state index contributed by atoms with van der Waals surface area (Å²) in [6.45, 7) is 9.58. The van der Waals surface area contributed by atoms with E-state index in [1.807, 2.05) is 25.7 Å². The van der Waals surface area contributed by atoms with Crippen molar-refractivity contribution in [3.05, 3.63) is 0 Å². The van der Waals surface area contributed by atoms with E-state index in [4.69, 9.17) is 4.74 Å². The van der Waals surface area contributed by atoms with Crippen LogP contribution in [-0.4, -0.2) is 41.8 Å². The number of carbonyl (C=O) groups is 1. The van der Waals surface area contributed by atoms with Crippen molar-refractivity contribution < 1.29 is 9.53 Å². The van der Waals surface area contributed by atoms with E-state index >= 15 is 0 Å². The molecule has 18 heavy (non-hydrogen) atoms. The molecule has 0 spiro atoms. The average Bonchev–Trinajstić information content (AvgIpc) is 2.81.